The van der Waals surface area contributed by atoms with Gasteiger partial charge in [0.25, 0.3) is 10.0 Å². The third-order valence-corrected chi connectivity index (χ3v) is 6.65. The van der Waals surface area contributed by atoms with Crippen molar-refractivity contribution in [2.24, 2.45) is 0 Å². The largest absolute Gasteiger partial charge is 0.268 e. The van der Waals surface area contributed by atoms with Crippen molar-refractivity contribution in [1.82, 2.24) is 3.97 Å². The molecule has 2 aromatic carbocycles. The molecule has 1 aromatic heterocycles. The highest BCUT2D eigenvalue weighted by Gasteiger charge is 2.21. The molecule has 0 N–H and O–H groups in total. The van der Waals surface area contributed by atoms with Crippen LogP contribution >= 0.6 is 38.5 Å². The fraction of sp³-hybridized carbons (Fsp3) is 0.176. The molecule has 0 fully saturated rings. The van der Waals surface area contributed by atoms with Crippen molar-refractivity contribution in [2.45, 2.75) is 18.2 Å². The van der Waals surface area contributed by atoms with Crippen molar-refractivity contribution in [1.29, 1.82) is 0 Å². The van der Waals surface area contributed by atoms with Crippen LogP contribution < -0.4 is 0 Å². The molecule has 1 heterocycles. The van der Waals surface area contributed by atoms with Crippen LogP contribution in [0.25, 0.3) is 10.9 Å². The lowest BCUT2D eigenvalue weighted by Gasteiger charge is -2.08. The summed E-state index contributed by atoms with van der Waals surface area (Å²) in [5, 5.41) is 0.972. The van der Waals surface area contributed by atoms with E-state index in [-0.39, 0.29) is 0 Å². The molecule has 0 spiro atoms. The van der Waals surface area contributed by atoms with Crippen LogP contribution in [0.1, 0.15) is 11.1 Å². The number of halogens is 2. The summed E-state index contributed by atoms with van der Waals surface area (Å²) < 4.78 is 29.3. The Bertz CT molecular complexity index is 962. The van der Waals surface area contributed by atoms with E-state index in [0.717, 1.165) is 31.8 Å². The standard InChI is InChI=1S/C17H15BrINO2S/c1-12-5-7-14(8-6-12)23(21,22)20-11-13(9-10-19)17-15(18)3-2-4-16(17)20/h2-8,11H,9-10H2,1H3. The molecule has 120 valence electrons. The first-order valence-corrected chi connectivity index (χ1v) is 10.9. The zero-order valence-corrected chi connectivity index (χ0v) is 17.0. The third kappa shape index (κ3) is 3.08. The molecule has 6 heteroatoms. The number of rotatable bonds is 4. The number of hydrogen-bond donors (Lipinski definition) is 0. The van der Waals surface area contributed by atoms with Crippen LogP contribution in [0.15, 0.2) is 58.0 Å². The summed E-state index contributed by atoms with van der Waals surface area (Å²) in [4.78, 5) is 0.306. The first-order valence-electron chi connectivity index (χ1n) is 7.12. The van der Waals surface area contributed by atoms with Gasteiger partial charge in [0.1, 0.15) is 0 Å². The minimum Gasteiger partial charge on any atom is -0.241 e. The van der Waals surface area contributed by atoms with Crippen LogP contribution in [0, 0.1) is 6.92 Å². The van der Waals surface area contributed by atoms with Gasteiger partial charge >= 0.3 is 0 Å². The molecule has 0 unspecified atom stereocenters. The number of nitrogens with zero attached hydrogens (tertiary/aromatic N) is 1. The summed E-state index contributed by atoms with van der Waals surface area (Å²) in [6, 6.07) is 12.6. The molecule has 3 rings (SSSR count). The Labute approximate surface area is 158 Å². The van der Waals surface area contributed by atoms with Gasteiger partial charge in [0.15, 0.2) is 0 Å². The van der Waals surface area contributed by atoms with Crippen molar-refractivity contribution in [3.63, 3.8) is 0 Å². The highest BCUT2D eigenvalue weighted by atomic mass is 127. The van der Waals surface area contributed by atoms with Crippen molar-refractivity contribution < 1.29 is 8.42 Å². The van der Waals surface area contributed by atoms with Crippen LogP contribution in [0.4, 0.5) is 0 Å². The molecular formula is C17H15BrINO2S. The van der Waals surface area contributed by atoms with Gasteiger partial charge < -0.3 is 0 Å². The molecule has 0 aliphatic rings. The van der Waals surface area contributed by atoms with Gasteiger partial charge in [0.2, 0.25) is 0 Å². The number of aryl methyl sites for hydroxylation is 2. The fourth-order valence-corrected chi connectivity index (χ4v) is 5.18. The maximum atomic E-state index is 13.0. The van der Waals surface area contributed by atoms with Crippen molar-refractivity contribution in [3.8, 4) is 0 Å². The molecule has 23 heavy (non-hydrogen) atoms. The Balaban J connectivity index is 2.27. The second-order valence-electron chi connectivity index (χ2n) is 5.34. The van der Waals surface area contributed by atoms with Crippen LogP contribution in [-0.2, 0) is 16.4 Å². The third-order valence-electron chi connectivity index (χ3n) is 3.76. The normalized spacial score (nSPS) is 12.0. The van der Waals surface area contributed by atoms with E-state index in [1.807, 2.05) is 37.3 Å². The molecule has 3 nitrogen and oxygen atoms in total. The molecule has 0 atom stereocenters. The van der Waals surface area contributed by atoms with Gasteiger partial charge in [0, 0.05) is 20.5 Å². The van der Waals surface area contributed by atoms with E-state index in [9.17, 15) is 8.42 Å². The van der Waals surface area contributed by atoms with Gasteiger partial charge in [-0.1, -0.05) is 62.3 Å². The lowest BCUT2D eigenvalue weighted by atomic mass is 10.1. The number of benzene rings is 2. The zero-order chi connectivity index (χ0) is 16.6. The maximum Gasteiger partial charge on any atom is 0.268 e. The Kier molecular flexibility index (Phi) is 4.85. The van der Waals surface area contributed by atoms with Crippen molar-refractivity contribution in [2.75, 3.05) is 4.43 Å². The number of hydrogen-bond acceptors (Lipinski definition) is 2. The molecule has 0 saturated carbocycles. The summed E-state index contributed by atoms with van der Waals surface area (Å²) >= 11 is 5.86. The van der Waals surface area contributed by atoms with Crippen LogP contribution in [-0.4, -0.2) is 16.8 Å². The summed E-state index contributed by atoms with van der Waals surface area (Å²) in [6.45, 7) is 1.94. The first-order chi connectivity index (χ1) is 10.9. The molecule has 3 aromatic rings. The van der Waals surface area contributed by atoms with Gasteiger partial charge in [-0.2, -0.15) is 0 Å². The minimum absolute atomic E-state index is 0.306. The van der Waals surface area contributed by atoms with E-state index in [4.69, 9.17) is 0 Å². The molecule has 0 amide bonds. The van der Waals surface area contributed by atoms with Crippen molar-refractivity contribution >= 4 is 59.4 Å². The Hall–Kier alpha value is -0.860. The first kappa shape index (κ1) is 17.0. The summed E-state index contributed by atoms with van der Waals surface area (Å²) in [5.74, 6) is 0. The van der Waals surface area contributed by atoms with Crippen LogP contribution in [0.5, 0.6) is 0 Å². The van der Waals surface area contributed by atoms with Gasteiger partial charge in [-0.05, 0) is 43.2 Å². The van der Waals surface area contributed by atoms with E-state index >= 15 is 0 Å². The monoisotopic (exact) mass is 503 g/mol. The Morgan fingerprint density at radius 3 is 2.48 bits per heavy atom. The van der Waals surface area contributed by atoms with Gasteiger partial charge in [-0.3, -0.25) is 0 Å². The lowest BCUT2D eigenvalue weighted by Crippen LogP contribution is -2.11. The molecule has 0 radical (unpaired) electrons. The number of alkyl halides is 1. The smallest absolute Gasteiger partial charge is 0.241 e. The molecular weight excluding hydrogens is 489 g/mol. The topological polar surface area (TPSA) is 39.1 Å². The predicted molar refractivity (Wildman–Crippen MR) is 106 cm³/mol. The van der Waals surface area contributed by atoms with E-state index in [0.29, 0.717) is 10.4 Å². The number of fused-ring (bicyclic) bond motifs is 1. The van der Waals surface area contributed by atoms with Crippen molar-refractivity contribution in [3.05, 3.63) is 64.3 Å². The molecule has 0 aliphatic heterocycles. The summed E-state index contributed by atoms with van der Waals surface area (Å²) in [6.07, 6.45) is 2.58. The van der Waals surface area contributed by atoms with E-state index in [1.54, 1.807) is 18.3 Å². The fourth-order valence-electron chi connectivity index (χ4n) is 2.60. The predicted octanol–water partition coefficient (Wildman–Crippen LogP) is 4.93. The highest BCUT2D eigenvalue weighted by molar-refractivity contribution is 14.1. The zero-order valence-electron chi connectivity index (χ0n) is 12.5. The lowest BCUT2D eigenvalue weighted by molar-refractivity contribution is 0.589. The minimum atomic E-state index is -3.60. The van der Waals surface area contributed by atoms with Crippen LogP contribution in [0.2, 0.25) is 0 Å². The average molecular weight is 504 g/mol. The Morgan fingerprint density at radius 2 is 1.83 bits per heavy atom. The average Bonchev–Trinajstić information content (AvgIpc) is 2.89. The maximum absolute atomic E-state index is 13.0. The summed E-state index contributed by atoms with van der Waals surface area (Å²) in [5.41, 5.74) is 2.78. The quantitative estimate of drug-likeness (QED) is 0.374. The van der Waals surface area contributed by atoms with Gasteiger partial charge in [0.05, 0.1) is 10.4 Å². The van der Waals surface area contributed by atoms with E-state index < -0.39 is 10.0 Å². The molecule has 0 bridgehead atoms. The van der Waals surface area contributed by atoms with E-state index in [2.05, 4.69) is 38.5 Å². The Morgan fingerprint density at radius 1 is 1.13 bits per heavy atom. The summed E-state index contributed by atoms with van der Waals surface area (Å²) in [7, 11) is -3.60. The van der Waals surface area contributed by atoms with Crippen LogP contribution in [0.3, 0.4) is 0 Å². The SMILES string of the molecule is Cc1ccc(S(=O)(=O)n2cc(CCI)c3c(Br)cccc32)cc1. The highest BCUT2D eigenvalue weighted by Crippen LogP contribution is 2.32. The molecule has 0 saturated heterocycles. The second kappa shape index (κ2) is 6.57. The number of aromatic nitrogens is 1. The van der Waals surface area contributed by atoms with E-state index in [1.165, 1.54) is 3.97 Å². The van der Waals surface area contributed by atoms with Gasteiger partial charge in [-0.25, -0.2) is 12.4 Å². The molecule has 0 aliphatic carbocycles. The van der Waals surface area contributed by atoms with Gasteiger partial charge in [-0.15, -0.1) is 0 Å². The second-order valence-corrected chi connectivity index (χ2v) is 9.09.